The molecule has 2 heterocycles. The third-order valence-electron chi connectivity index (χ3n) is 3.33. The monoisotopic (exact) mass is 363 g/mol. The summed E-state index contributed by atoms with van der Waals surface area (Å²) in [6.45, 7) is 15.0. The lowest BCUT2D eigenvalue weighted by molar-refractivity contribution is -0.141. The van der Waals surface area contributed by atoms with E-state index in [1.807, 2.05) is 26.0 Å². The topological polar surface area (TPSA) is 30.1 Å². The van der Waals surface area contributed by atoms with Gasteiger partial charge in [-0.1, -0.05) is 39.8 Å². The largest absolute Gasteiger partial charge is 0.433 e. The van der Waals surface area contributed by atoms with E-state index in [0.717, 1.165) is 12.5 Å². The highest BCUT2D eigenvalue weighted by Gasteiger charge is 2.32. The minimum Gasteiger partial charge on any atom is -0.361 e. The smallest absolute Gasteiger partial charge is 0.361 e. The Labute approximate surface area is 153 Å². The molecule has 0 aromatic carbocycles. The van der Waals surface area contributed by atoms with Crippen LogP contribution in [0.15, 0.2) is 36.7 Å². The normalized spacial score (nSPS) is 11.1. The molecule has 6 heteroatoms. The zero-order chi connectivity index (χ0) is 19.7. The second kappa shape index (κ2) is 9.91. The zero-order valence-electron chi connectivity index (χ0n) is 15.5. The molecule has 2 aromatic rings. The Balaban J connectivity index is 0.000000263. The van der Waals surface area contributed by atoms with Crippen LogP contribution in [0.4, 0.5) is 19.0 Å². The van der Waals surface area contributed by atoms with E-state index in [-0.39, 0.29) is 0 Å². The molecule has 140 valence electrons. The second-order valence-electron chi connectivity index (χ2n) is 6.88. The summed E-state index contributed by atoms with van der Waals surface area (Å²) >= 11 is 0. The van der Waals surface area contributed by atoms with Gasteiger partial charge in [0, 0.05) is 6.20 Å². The summed E-state index contributed by atoms with van der Waals surface area (Å²) < 4.78 is 36.7. The first-order valence-corrected chi connectivity index (χ1v) is 8.46. The van der Waals surface area contributed by atoms with E-state index in [2.05, 4.69) is 28.7 Å². The fourth-order valence-corrected chi connectivity index (χ4v) is 2.35. The number of pyridine rings is 2. The summed E-state index contributed by atoms with van der Waals surface area (Å²) in [6.07, 6.45) is 0.231. The van der Waals surface area contributed by atoms with Gasteiger partial charge in [-0.15, -0.1) is 4.98 Å². The van der Waals surface area contributed by atoms with Crippen molar-refractivity contribution < 1.29 is 13.2 Å². The highest BCUT2D eigenvalue weighted by Crippen LogP contribution is 2.28. The molecule has 0 atom stereocenters. The van der Waals surface area contributed by atoms with Crippen molar-refractivity contribution in [2.45, 2.75) is 46.7 Å². The lowest BCUT2D eigenvalue weighted by Gasteiger charge is -2.08. The maximum Gasteiger partial charge on any atom is 0.433 e. The van der Waals surface area contributed by atoms with Crippen LogP contribution in [0.5, 0.6) is 0 Å². The summed E-state index contributed by atoms with van der Waals surface area (Å²) in [7, 11) is 0. The Bertz CT molecular complexity index is 732. The standard InChI is InChI=1S/C10H12F3N.C10H12N2/c1-7(2)5-8-3-4-14-9(6-8)10(11,12)13;1-8(2)6-9-4-5-12-10(7-9)11-3/h3-4,6-7H,5H2,1-2H3;4-5,7-8H,6H2,1-2H3. The first kappa shape index (κ1) is 21.6. The van der Waals surface area contributed by atoms with E-state index in [9.17, 15) is 13.2 Å². The molecule has 2 rings (SSSR count). The molecular formula is C20H24F3N3. The zero-order valence-corrected chi connectivity index (χ0v) is 15.5. The van der Waals surface area contributed by atoms with Crippen LogP contribution < -0.4 is 0 Å². The van der Waals surface area contributed by atoms with E-state index in [1.54, 1.807) is 12.3 Å². The number of hydrogen-bond donors (Lipinski definition) is 0. The second-order valence-corrected chi connectivity index (χ2v) is 6.88. The van der Waals surface area contributed by atoms with Crippen molar-refractivity contribution in [1.82, 2.24) is 9.97 Å². The molecule has 3 nitrogen and oxygen atoms in total. The van der Waals surface area contributed by atoms with Gasteiger partial charge in [-0.25, -0.2) is 0 Å². The van der Waals surface area contributed by atoms with Crippen LogP contribution in [0.3, 0.4) is 0 Å². The molecule has 0 bridgehead atoms. The molecule has 0 N–H and O–H groups in total. The fraction of sp³-hybridized carbons (Fsp3) is 0.450. The van der Waals surface area contributed by atoms with Gasteiger partial charge in [-0.2, -0.15) is 13.2 Å². The van der Waals surface area contributed by atoms with E-state index >= 15 is 0 Å². The highest BCUT2D eigenvalue weighted by atomic mass is 19.4. The molecule has 2 aromatic heterocycles. The Kier molecular flexibility index (Phi) is 8.24. The summed E-state index contributed by atoms with van der Waals surface area (Å²) in [4.78, 5) is 10.5. The van der Waals surface area contributed by atoms with Gasteiger partial charge in [0.25, 0.3) is 5.82 Å². The van der Waals surface area contributed by atoms with Crippen molar-refractivity contribution in [2.75, 3.05) is 0 Å². The summed E-state index contributed by atoms with van der Waals surface area (Å²) in [5, 5.41) is 0. The fourth-order valence-electron chi connectivity index (χ4n) is 2.35. The minimum atomic E-state index is -4.34. The summed E-state index contributed by atoms with van der Waals surface area (Å²) in [6, 6.07) is 6.55. The first-order valence-electron chi connectivity index (χ1n) is 8.46. The van der Waals surface area contributed by atoms with Gasteiger partial charge in [0.1, 0.15) is 11.9 Å². The van der Waals surface area contributed by atoms with E-state index < -0.39 is 11.9 Å². The maximum absolute atomic E-state index is 12.2. The third kappa shape index (κ3) is 8.11. The van der Waals surface area contributed by atoms with Gasteiger partial charge >= 0.3 is 6.18 Å². The molecule has 0 radical (unpaired) electrons. The molecule has 0 fully saturated rings. The number of hydrogen-bond acceptors (Lipinski definition) is 2. The van der Waals surface area contributed by atoms with E-state index in [1.165, 1.54) is 11.8 Å². The summed E-state index contributed by atoms with van der Waals surface area (Å²) in [5.41, 5.74) is 1.07. The molecule has 0 saturated heterocycles. The Morgan fingerprint density at radius 3 is 1.88 bits per heavy atom. The van der Waals surface area contributed by atoms with E-state index in [4.69, 9.17) is 6.57 Å². The van der Waals surface area contributed by atoms with Crippen molar-refractivity contribution in [1.29, 1.82) is 0 Å². The van der Waals surface area contributed by atoms with Gasteiger partial charge in [0.15, 0.2) is 0 Å². The van der Waals surface area contributed by atoms with E-state index in [0.29, 0.717) is 29.6 Å². The van der Waals surface area contributed by atoms with Crippen molar-refractivity contribution >= 4 is 5.82 Å². The number of nitrogens with zero attached hydrogens (tertiary/aromatic N) is 3. The molecule has 0 unspecified atom stereocenters. The van der Waals surface area contributed by atoms with Crippen LogP contribution in [0, 0.1) is 18.4 Å². The van der Waals surface area contributed by atoms with Crippen molar-refractivity contribution in [3.8, 4) is 0 Å². The van der Waals surface area contributed by atoms with Gasteiger partial charge < -0.3 is 4.85 Å². The molecule has 0 amide bonds. The number of rotatable bonds is 4. The maximum atomic E-state index is 12.2. The quantitative estimate of drug-likeness (QED) is 0.612. The number of aromatic nitrogens is 2. The van der Waals surface area contributed by atoms with Crippen LogP contribution in [0.2, 0.25) is 0 Å². The van der Waals surface area contributed by atoms with Crippen LogP contribution >= 0.6 is 0 Å². The molecule has 0 saturated carbocycles. The average molecular weight is 363 g/mol. The highest BCUT2D eigenvalue weighted by molar-refractivity contribution is 5.38. The van der Waals surface area contributed by atoms with Crippen LogP contribution in [0.25, 0.3) is 4.85 Å². The first-order chi connectivity index (χ1) is 12.1. The molecule has 0 spiro atoms. The minimum absolute atomic E-state index is 0.346. The van der Waals surface area contributed by atoms with Crippen molar-refractivity contribution in [3.05, 3.63) is 64.9 Å². The number of halogens is 3. The van der Waals surface area contributed by atoms with Crippen molar-refractivity contribution in [3.63, 3.8) is 0 Å². The average Bonchev–Trinajstić information content (AvgIpc) is 2.54. The predicted octanol–water partition coefficient (Wildman–Crippen LogP) is 6.13. The molecule has 0 aliphatic heterocycles. The van der Waals surface area contributed by atoms with Gasteiger partial charge in [-0.05, 0) is 54.5 Å². The molecule has 0 aliphatic rings. The van der Waals surface area contributed by atoms with Crippen LogP contribution in [-0.4, -0.2) is 9.97 Å². The van der Waals surface area contributed by atoms with Gasteiger partial charge in [0.2, 0.25) is 0 Å². The lowest BCUT2D eigenvalue weighted by Crippen LogP contribution is -2.08. The Morgan fingerprint density at radius 2 is 1.42 bits per heavy atom. The van der Waals surface area contributed by atoms with Gasteiger partial charge in [0.05, 0.1) is 0 Å². The molecule has 0 aliphatic carbocycles. The third-order valence-corrected chi connectivity index (χ3v) is 3.33. The predicted molar refractivity (Wildman–Crippen MR) is 96.8 cm³/mol. The lowest BCUT2D eigenvalue weighted by atomic mass is 10.0. The van der Waals surface area contributed by atoms with Crippen molar-refractivity contribution in [2.24, 2.45) is 11.8 Å². The van der Waals surface area contributed by atoms with Gasteiger partial charge in [-0.3, -0.25) is 4.98 Å². The SMILES string of the molecule is CC(C)Cc1ccnc(C(F)(F)F)c1.[C-]#[N+]c1cc(CC(C)C)ccn1. The molecular weight excluding hydrogens is 339 g/mol. The Morgan fingerprint density at radius 1 is 0.923 bits per heavy atom. The van der Waals surface area contributed by atoms with Crippen LogP contribution in [-0.2, 0) is 19.0 Å². The molecule has 26 heavy (non-hydrogen) atoms. The summed E-state index contributed by atoms with van der Waals surface area (Å²) in [5.74, 6) is 1.47. The van der Waals surface area contributed by atoms with Crippen LogP contribution in [0.1, 0.15) is 44.5 Å². The Hall–Kier alpha value is -2.42. The number of alkyl halides is 3.